The quantitative estimate of drug-likeness (QED) is 0.758. The first-order valence-corrected chi connectivity index (χ1v) is 5.80. The molecule has 1 saturated carbocycles. The molecule has 0 saturated heterocycles. The monoisotopic (exact) mass is 249 g/mol. The Labute approximate surface area is 104 Å². The minimum atomic E-state index is -1.28. The summed E-state index contributed by atoms with van der Waals surface area (Å²) in [5, 5.41) is 21.4. The molecule has 18 heavy (non-hydrogen) atoms. The standard InChI is InChI=1S/C13H15NO4/c1-8-3-4-9(7-10(8)11(15)16)14-12(17)13(18)5-2-6-13/h3-4,7,18H,2,5-6H2,1H3,(H,14,17)(H,15,16). The smallest absolute Gasteiger partial charge is 0.336 e. The Morgan fingerprint density at radius 3 is 2.50 bits per heavy atom. The van der Waals surface area contributed by atoms with Crippen LogP contribution in [0.2, 0.25) is 0 Å². The first-order chi connectivity index (χ1) is 8.42. The Morgan fingerprint density at radius 2 is 2.00 bits per heavy atom. The molecule has 5 nitrogen and oxygen atoms in total. The van der Waals surface area contributed by atoms with Crippen molar-refractivity contribution in [1.29, 1.82) is 0 Å². The number of anilines is 1. The zero-order valence-electron chi connectivity index (χ0n) is 10.1. The second-order valence-corrected chi connectivity index (χ2v) is 4.67. The Morgan fingerprint density at radius 1 is 1.33 bits per heavy atom. The average Bonchev–Trinajstić information content (AvgIpc) is 2.28. The van der Waals surface area contributed by atoms with Crippen LogP contribution in [-0.2, 0) is 4.79 Å². The third-order valence-electron chi connectivity index (χ3n) is 3.33. The number of aliphatic hydroxyl groups is 1. The summed E-state index contributed by atoms with van der Waals surface area (Å²) in [6.45, 7) is 1.69. The first kappa shape index (κ1) is 12.6. The van der Waals surface area contributed by atoms with Gasteiger partial charge < -0.3 is 15.5 Å². The summed E-state index contributed by atoms with van der Waals surface area (Å²) >= 11 is 0. The largest absolute Gasteiger partial charge is 0.478 e. The van der Waals surface area contributed by atoms with Crippen LogP contribution < -0.4 is 5.32 Å². The molecular formula is C13H15NO4. The maximum atomic E-state index is 11.8. The number of carbonyl (C=O) groups is 2. The topological polar surface area (TPSA) is 86.6 Å². The number of hydrogen-bond acceptors (Lipinski definition) is 3. The lowest BCUT2D eigenvalue weighted by Gasteiger charge is -2.34. The van der Waals surface area contributed by atoms with Crippen LogP contribution in [0.1, 0.15) is 35.2 Å². The lowest BCUT2D eigenvalue weighted by atomic mass is 9.79. The van der Waals surface area contributed by atoms with Gasteiger partial charge in [-0.3, -0.25) is 4.79 Å². The van der Waals surface area contributed by atoms with Gasteiger partial charge in [0.15, 0.2) is 0 Å². The summed E-state index contributed by atoms with van der Waals surface area (Å²) in [6, 6.07) is 4.66. The number of hydrogen-bond donors (Lipinski definition) is 3. The molecule has 0 unspecified atom stereocenters. The Kier molecular flexibility index (Phi) is 3.09. The number of benzene rings is 1. The van der Waals surface area contributed by atoms with E-state index in [2.05, 4.69) is 5.32 Å². The van der Waals surface area contributed by atoms with Crippen molar-refractivity contribution in [3.63, 3.8) is 0 Å². The van der Waals surface area contributed by atoms with Gasteiger partial charge in [-0.2, -0.15) is 0 Å². The molecule has 3 N–H and O–H groups in total. The van der Waals surface area contributed by atoms with E-state index in [0.29, 0.717) is 24.1 Å². The highest BCUT2D eigenvalue weighted by atomic mass is 16.4. The van der Waals surface area contributed by atoms with Gasteiger partial charge in [-0.25, -0.2) is 4.79 Å². The summed E-state index contributed by atoms with van der Waals surface area (Å²) in [7, 11) is 0. The van der Waals surface area contributed by atoms with E-state index in [-0.39, 0.29) is 5.56 Å². The Balaban J connectivity index is 2.17. The summed E-state index contributed by atoms with van der Waals surface area (Å²) in [4.78, 5) is 22.7. The zero-order valence-corrected chi connectivity index (χ0v) is 10.1. The average molecular weight is 249 g/mol. The normalized spacial score (nSPS) is 16.8. The van der Waals surface area contributed by atoms with E-state index in [4.69, 9.17) is 5.11 Å². The second-order valence-electron chi connectivity index (χ2n) is 4.67. The molecule has 2 rings (SSSR count). The van der Waals surface area contributed by atoms with Crippen molar-refractivity contribution < 1.29 is 19.8 Å². The molecule has 0 aliphatic heterocycles. The van der Waals surface area contributed by atoms with Crippen molar-refractivity contribution in [1.82, 2.24) is 0 Å². The van der Waals surface area contributed by atoms with E-state index >= 15 is 0 Å². The lowest BCUT2D eigenvalue weighted by molar-refractivity contribution is -0.142. The molecular weight excluding hydrogens is 234 g/mol. The van der Waals surface area contributed by atoms with Gasteiger partial charge in [0, 0.05) is 5.69 Å². The molecule has 5 heteroatoms. The van der Waals surface area contributed by atoms with Crippen molar-refractivity contribution in [2.75, 3.05) is 5.32 Å². The maximum absolute atomic E-state index is 11.8. The van der Waals surface area contributed by atoms with Crippen LogP contribution in [0.3, 0.4) is 0 Å². The molecule has 1 aromatic rings. The summed E-state index contributed by atoms with van der Waals surface area (Å²) in [5.74, 6) is -1.50. The van der Waals surface area contributed by atoms with Crippen LogP contribution in [0, 0.1) is 6.92 Å². The fourth-order valence-corrected chi connectivity index (χ4v) is 1.92. The highest BCUT2D eigenvalue weighted by Crippen LogP contribution is 2.32. The predicted octanol–water partition coefficient (Wildman–Crippen LogP) is 1.55. The van der Waals surface area contributed by atoms with Crippen LogP contribution in [-0.4, -0.2) is 27.7 Å². The zero-order chi connectivity index (χ0) is 13.3. The number of aromatic carboxylic acids is 1. The molecule has 0 heterocycles. The van der Waals surface area contributed by atoms with Crippen LogP contribution in [0.15, 0.2) is 18.2 Å². The molecule has 0 spiro atoms. The third-order valence-corrected chi connectivity index (χ3v) is 3.33. The molecule has 1 aromatic carbocycles. The van der Waals surface area contributed by atoms with Gasteiger partial charge in [-0.05, 0) is 43.9 Å². The molecule has 96 valence electrons. The van der Waals surface area contributed by atoms with E-state index in [0.717, 1.165) is 6.42 Å². The van der Waals surface area contributed by atoms with E-state index in [1.54, 1.807) is 19.1 Å². The van der Waals surface area contributed by atoms with Crippen LogP contribution in [0.4, 0.5) is 5.69 Å². The van der Waals surface area contributed by atoms with Crippen molar-refractivity contribution in [2.45, 2.75) is 31.8 Å². The highest BCUT2D eigenvalue weighted by molar-refractivity contribution is 5.99. The fourth-order valence-electron chi connectivity index (χ4n) is 1.92. The Hall–Kier alpha value is -1.88. The molecule has 0 bridgehead atoms. The molecule has 1 amide bonds. The van der Waals surface area contributed by atoms with Crippen LogP contribution in [0.5, 0.6) is 0 Å². The van der Waals surface area contributed by atoms with Gasteiger partial charge in [0.1, 0.15) is 5.60 Å². The number of aryl methyl sites for hydroxylation is 1. The van der Waals surface area contributed by atoms with E-state index in [9.17, 15) is 14.7 Å². The first-order valence-electron chi connectivity index (χ1n) is 5.80. The van der Waals surface area contributed by atoms with Gasteiger partial charge in [-0.1, -0.05) is 6.07 Å². The minimum Gasteiger partial charge on any atom is -0.478 e. The maximum Gasteiger partial charge on any atom is 0.336 e. The predicted molar refractivity (Wildman–Crippen MR) is 65.6 cm³/mol. The Bertz CT molecular complexity index is 506. The lowest BCUT2D eigenvalue weighted by Crippen LogP contribution is -2.48. The van der Waals surface area contributed by atoms with Crippen LogP contribution >= 0.6 is 0 Å². The van der Waals surface area contributed by atoms with Crippen LogP contribution in [0.25, 0.3) is 0 Å². The highest BCUT2D eigenvalue weighted by Gasteiger charge is 2.41. The molecule has 1 aliphatic carbocycles. The summed E-state index contributed by atoms with van der Waals surface area (Å²) < 4.78 is 0. The molecule has 1 aliphatic rings. The van der Waals surface area contributed by atoms with Gasteiger partial charge in [-0.15, -0.1) is 0 Å². The van der Waals surface area contributed by atoms with Gasteiger partial charge in [0.25, 0.3) is 5.91 Å². The summed E-state index contributed by atoms with van der Waals surface area (Å²) in [6.07, 6.45) is 1.74. The number of carboxylic acid groups (broad SMARTS) is 1. The minimum absolute atomic E-state index is 0.147. The van der Waals surface area contributed by atoms with E-state index in [1.165, 1.54) is 6.07 Å². The van der Waals surface area contributed by atoms with Crippen molar-refractivity contribution in [3.05, 3.63) is 29.3 Å². The van der Waals surface area contributed by atoms with Gasteiger partial charge >= 0.3 is 5.97 Å². The molecule has 0 aromatic heterocycles. The van der Waals surface area contributed by atoms with E-state index < -0.39 is 17.5 Å². The second kappa shape index (κ2) is 4.42. The van der Waals surface area contributed by atoms with Gasteiger partial charge in [0.2, 0.25) is 0 Å². The van der Waals surface area contributed by atoms with Crippen molar-refractivity contribution in [2.24, 2.45) is 0 Å². The van der Waals surface area contributed by atoms with Gasteiger partial charge in [0.05, 0.1) is 5.56 Å². The number of rotatable bonds is 3. The number of nitrogens with one attached hydrogen (secondary N) is 1. The number of amides is 1. The molecule has 0 radical (unpaired) electrons. The third kappa shape index (κ3) is 2.22. The number of carboxylic acids is 1. The van der Waals surface area contributed by atoms with Crippen molar-refractivity contribution >= 4 is 17.6 Å². The summed E-state index contributed by atoms with van der Waals surface area (Å²) in [5.41, 5.74) is -0.117. The van der Waals surface area contributed by atoms with E-state index in [1.807, 2.05) is 0 Å². The van der Waals surface area contributed by atoms with Crippen molar-refractivity contribution in [3.8, 4) is 0 Å². The molecule has 1 fully saturated rings. The molecule has 0 atom stereocenters. The fraction of sp³-hybridized carbons (Fsp3) is 0.385. The SMILES string of the molecule is Cc1ccc(NC(=O)C2(O)CCC2)cc1C(=O)O. The number of carbonyl (C=O) groups excluding carboxylic acids is 1.